The van der Waals surface area contributed by atoms with Crippen molar-refractivity contribution in [3.8, 4) is 0 Å². The Hall–Kier alpha value is -1.97. The van der Waals surface area contributed by atoms with Gasteiger partial charge in [-0.2, -0.15) is 0 Å². The van der Waals surface area contributed by atoms with Crippen LogP contribution in [-0.4, -0.2) is 33.0 Å². The molecule has 0 fully saturated rings. The molecule has 104 valence electrons. The molecular weight excluding hydrogens is 300 g/mol. The monoisotopic (exact) mass is 310 g/mol. The van der Waals surface area contributed by atoms with Gasteiger partial charge in [0, 0.05) is 5.56 Å². The van der Waals surface area contributed by atoms with E-state index in [1.807, 2.05) is 6.07 Å². The number of carbonyl (C=O) groups is 2. The molecule has 2 aromatic rings. The molecule has 20 heavy (non-hydrogen) atoms. The summed E-state index contributed by atoms with van der Waals surface area (Å²) in [7, 11) is 0. The second-order valence-corrected chi connectivity index (χ2v) is 5.72. The number of hydrogen-bond acceptors (Lipinski definition) is 7. The summed E-state index contributed by atoms with van der Waals surface area (Å²) in [5, 5.41) is 19.0. The highest BCUT2D eigenvalue weighted by Gasteiger charge is 2.11. The lowest BCUT2D eigenvalue weighted by molar-refractivity contribution is -0.126. The van der Waals surface area contributed by atoms with Gasteiger partial charge in [0.25, 0.3) is 11.8 Å². The predicted molar refractivity (Wildman–Crippen MR) is 75.0 cm³/mol. The van der Waals surface area contributed by atoms with Crippen LogP contribution >= 0.6 is 23.1 Å². The number of nitrogens with zero attached hydrogens (tertiary/aromatic N) is 2. The van der Waals surface area contributed by atoms with Crippen LogP contribution in [0.4, 0.5) is 5.13 Å². The Balaban J connectivity index is 1.93. The highest BCUT2D eigenvalue weighted by atomic mass is 32.2. The molecule has 9 heteroatoms. The van der Waals surface area contributed by atoms with Crippen molar-refractivity contribution in [1.29, 1.82) is 0 Å². The number of amides is 2. The summed E-state index contributed by atoms with van der Waals surface area (Å²) < 4.78 is 0.525. The van der Waals surface area contributed by atoms with Gasteiger partial charge in [0.1, 0.15) is 0 Å². The lowest BCUT2D eigenvalue weighted by atomic mass is 10.2. The molecule has 0 bridgehead atoms. The summed E-state index contributed by atoms with van der Waals surface area (Å²) in [4.78, 5) is 22.7. The molecule has 0 aliphatic carbocycles. The van der Waals surface area contributed by atoms with E-state index < -0.39 is 5.91 Å². The van der Waals surface area contributed by atoms with Crippen LogP contribution in [0.2, 0.25) is 0 Å². The number of carbonyl (C=O) groups excluding carboxylic acids is 2. The minimum Gasteiger partial charge on any atom is -0.296 e. The zero-order valence-electron chi connectivity index (χ0n) is 10.1. The molecule has 0 saturated heterocycles. The predicted octanol–water partition coefficient (Wildman–Crippen LogP) is 1.39. The maximum absolute atomic E-state index is 11.9. The topological polar surface area (TPSA) is 104 Å². The van der Waals surface area contributed by atoms with E-state index in [9.17, 15) is 9.59 Å². The zero-order chi connectivity index (χ0) is 14.4. The van der Waals surface area contributed by atoms with Crippen molar-refractivity contribution in [2.75, 3.05) is 11.1 Å². The first-order valence-electron chi connectivity index (χ1n) is 5.44. The van der Waals surface area contributed by atoms with Crippen LogP contribution in [0.15, 0.2) is 34.7 Å². The van der Waals surface area contributed by atoms with E-state index in [1.165, 1.54) is 5.48 Å². The molecule has 0 unspecified atom stereocenters. The van der Waals surface area contributed by atoms with Gasteiger partial charge in [0.15, 0.2) is 4.34 Å². The van der Waals surface area contributed by atoms with Gasteiger partial charge in [0.05, 0.1) is 5.75 Å². The number of nitrogens with one attached hydrogen (secondary N) is 2. The fraction of sp³-hybridized carbons (Fsp3) is 0.0909. The number of aromatic nitrogens is 2. The van der Waals surface area contributed by atoms with Crippen molar-refractivity contribution in [1.82, 2.24) is 15.7 Å². The third-order valence-corrected chi connectivity index (χ3v) is 4.09. The number of rotatable bonds is 5. The molecule has 3 N–H and O–H groups in total. The molecule has 2 rings (SSSR count). The summed E-state index contributed by atoms with van der Waals surface area (Å²) in [6.07, 6.45) is 0. The van der Waals surface area contributed by atoms with Crippen molar-refractivity contribution in [3.63, 3.8) is 0 Å². The van der Waals surface area contributed by atoms with E-state index in [2.05, 4.69) is 15.5 Å². The maximum Gasteiger partial charge on any atom is 0.257 e. The fourth-order valence-corrected chi connectivity index (χ4v) is 2.78. The smallest absolute Gasteiger partial charge is 0.257 e. The average molecular weight is 310 g/mol. The fourth-order valence-electron chi connectivity index (χ4n) is 1.24. The second-order valence-electron chi connectivity index (χ2n) is 3.52. The van der Waals surface area contributed by atoms with Gasteiger partial charge in [-0.3, -0.25) is 20.1 Å². The normalized spacial score (nSPS) is 10.1. The van der Waals surface area contributed by atoms with E-state index >= 15 is 0 Å². The lowest BCUT2D eigenvalue weighted by Gasteiger charge is -1.99. The second kappa shape index (κ2) is 6.98. The van der Waals surface area contributed by atoms with Crippen LogP contribution in [0, 0.1) is 0 Å². The first-order chi connectivity index (χ1) is 9.69. The Bertz CT molecular complexity index is 603. The minimum absolute atomic E-state index is 0.0256. The number of hydrogen-bond donors (Lipinski definition) is 3. The van der Waals surface area contributed by atoms with Gasteiger partial charge in [-0.25, -0.2) is 5.48 Å². The summed E-state index contributed by atoms with van der Waals surface area (Å²) in [6.45, 7) is 0. The van der Waals surface area contributed by atoms with E-state index in [-0.39, 0.29) is 11.7 Å². The molecule has 7 nitrogen and oxygen atoms in total. The van der Waals surface area contributed by atoms with Gasteiger partial charge in [-0.15, -0.1) is 10.2 Å². The van der Waals surface area contributed by atoms with Crippen LogP contribution in [0.5, 0.6) is 0 Å². The van der Waals surface area contributed by atoms with E-state index in [0.29, 0.717) is 15.0 Å². The van der Waals surface area contributed by atoms with Crippen LogP contribution in [0.25, 0.3) is 0 Å². The van der Waals surface area contributed by atoms with E-state index in [0.717, 1.165) is 23.1 Å². The molecule has 2 amide bonds. The average Bonchev–Trinajstić information content (AvgIpc) is 2.93. The Labute approximate surface area is 122 Å². The molecule has 1 heterocycles. The molecule has 0 aliphatic heterocycles. The van der Waals surface area contributed by atoms with Crippen molar-refractivity contribution in [2.45, 2.75) is 4.34 Å². The molecule has 1 aromatic carbocycles. The van der Waals surface area contributed by atoms with Gasteiger partial charge < -0.3 is 0 Å². The zero-order valence-corrected chi connectivity index (χ0v) is 11.7. The van der Waals surface area contributed by atoms with Crippen molar-refractivity contribution in [3.05, 3.63) is 35.9 Å². The van der Waals surface area contributed by atoms with Gasteiger partial charge >= 0.3 is 0 Å². The molecule has 0 aliphatic rings. The first-order valence-corrected chi connectivity index (χ1v) is 7.25. The van der Waals surface area contributed by atoms with E-state index in [1.54, 1.807) is 24.3 Å². The maximum atomic E-state index is 11.9. The summed E-state index contributed by atoms with van der Waals surface area (Å²) in [5.41, 5.74) is 2.05. The number of thioether (sulfide) groups is 1. The molecule has 0 atom stereocenters. The molecular formula is C11H10N4O3S2. The standard InChI is InChI=1S/C11H10N4O3S2/c16-8(15-18)6-19-11-14-13-10(20-11)12-9(17)7-4-2-1-3-5-7/h1-5,18H,6H2,(H,15,16)(H,12,13,17). The first kappa shape index (κ1) is 14.4. The summed E-state index contributed by atoms with van der Waals surface area (Å²) in [5.74, 6) is -0.774. The SMILES string of the molecule is O=C(CSc1nnc(NC(=O)c2ccccc2)s1)NO. The van der Waals surface area contributed by atoms with Crippen LogP contribution < -0.4 is 10.8 Å². The Morgan fingerprint density at radius 3 is 2.70 bits per heavy atom. The van der Waals surface area contributed by atoms with Gasteiger partial charge in [-0.05, 0) is 12.1 Å². The van der Waals surface area contributed by atoms with Gasteiger partial charge in [-0.1, -0.05) is 41.3 Å². The lowest BCUT2D eigenvalue weighted by Crippen LogP contribution is -2.20. The summed E-state index contributed by atoms with van der Waals surface area (Å²) in [6, 6.07) is 8.74. The molecule has 0 saturated carbocycles. The molecule has 1 aromatic heterocycles. The highest BCUT2D eigenvalue weighted by molar-refractivity contribution is 8.01. The Morgan fingerprint density at radius 2 is 2.00 bits per heavy atom. The Kier molecular flexibility index (Phi) is 5.04. The third-order valence-electron chi connectivity index (χ3n) is 2.11. The third kappa shape index (κ3) is 4.02. The number of anilines is 1. The number of benzene rings is 1. The minimum atomic E-state index is -0.528. The van der Waals surface area contributed by atoms with Crippen molar-refractivity contribution in [2.24, 2.45) is 0 Å². The Morgan fingerprint density at radius 1 is 1.25 bits per heavy atom. The van der Waals surface area contributed by atoms with Crippen molar-refractivity contribution < 1.29 is 14.8 Å². The number of hydroxylamine groups is 1. The summed E-state index contributed by atoms with van der Waals surface area (Å²) >= 11 is 2.27. The largest absolute Gasteiger partial charge is 0.296 e. The molecule has 0 spiro atoms. The highest BCUT2D eigenvalue weighted by Crippen LogP contribution is 2.25. The van der Waals surface area contributed by atoms with Crippen molar-refractivity contribution >= 4 is 40.0 Å². The van der Waals surface area contributed by atoms with Crippen LogP contribution in [-0.2, 0) is 4.79 Å². The van der Waals surface area contributed by atoms with Gasteiger partial charge in [0.2, 0.25) is 5.13 Å². The van der Waals surface area contributed by atoms with Crippen LogP contribution in [0.1, 0.15) is 10.4 Å². The molecule has 0 radical (unpaired) electrons. The quantitative estimate of drug-likeness (QED) is 0.334. The van der Waals surface area contributed by atoms with Crippen LogP contribution in [0.3, 0.4) is 0 Å². The van der Waals surface area contributed by atoms with E-state index in [4.69, 9.17) is 5.21 Å².